The summed E-state index contributed by atoms with van der Waals surface area (Å²) in [6.45, 7) is 4.37. The van der Waals surface area contributed by atoms with Crippen molar-refractivity contribution in [2.24, 2.45) is 11.3 Å². The minimum absolute atomic E-state index is 0.239. The molecule has 0 unspecified atom stereocenters. The number of para-hydroxylation sites is 1. The molecule has 1 spiro atoms. The number of ether oxygens (including phenoxy) is 2. The van der Waals surface area contributed by atoms with Gasteiger partial charge in [0, 0.05) is 32.3 Å². The third-order valence-electron chi connectivity index (χ3n) is 6.50. The Hall–Kier alpha value is -1.59. The Morgan fingerprint density at radius 1 is 1.28 bits per heavy atom. The van der Waals surface area contributed by atoms with Crippen LogP contribution in [0.4, 0.5) is 0 Å². The number of carboxylic acids is 1. The fourth-order valence-corrected chi connectivity index (χ4v) is 5.32. The highest BCUT2D eigenvalue weighted by Crippen LogP contribution is 2.53. The maximum atomic E-state index is 11.3. The molecule has 2 saturated heterocycles. The number of carboxylic acid groups (broad SMARTS) is 1. The number of hydrogen-bond donors (Lipinski definition) is 1. The molecule has 2 heterocycles. The van der Waals surface area contributed by atoms with Crippen LogP contribution in [0.2, 0.25) is 0 Å². The molecule has 0 aromatic heterocycles. The second-order valence-electron chi connectivity index (χ2n) is 7.70. The average molecular weight is 345 g/mol. The Bertz CT molecular complexity index is 626. The molecule has 3 aliphatic rings. The zero-order valence-corrected chi connectivity index (χ0v) is 14.7. The first kappa shape index (κ1) is 16.9. The number of rotatable bonds is 5. The van der Waals surface area contributed by atoms with Gasteiger partial charge in [0.25, 0.3) is 0 Å². The van der Waals surface area contributed by atoms with Gasteiger partial charge < -0.3 is 14.6 Å². The van der Waals surface area contributed by atoms with Crippen molar-refractivity contribution < 1.29 is 19.4 Å². The number of fused-ring (bicyclic) bond motifs is 2. The van der Waals surface area contributed by atoms with E-state index in [1.54, 1.807) is 18.2 Å². The molecule has 136 valence electrons. The van der Waals surface area contributed by atoms with Gasteiger partial charge in [0.15, 0.2) is 0 Å². The van der Waals surface area contributed by atoms with Crippen LogP contribution in [-0.2, 0) is 4.74 Å². The summed E-state index contributed by atoms with van der Waals surface area (Å²) in [4.78, 5) is 13.9. The van der Waals surface area contributed by atoms with Crippen LogP contribution < -0.4 is 4.74 Å². The van der Waals surface area contributed by atoms with E-state index >= 15 is 0 Å². The molecule has 5 nitrogen and oxygen atoms in total. The SMILES string of the molecule is O=C(O)c1ccccc1OCCN1CC2(CCOCC2)[C@@H]2CCC[C@@H]21. The average Bonchev–Trinajstić information content (AvgIpc) is 3.21. The molecule has 4 rings (SSSR count). The van der Waals surface area contributed by atoms with Crippen molar-refractivity contribution in [3.05, 3.63) is 29.8 Å². The minimum atomic E-state index is -0.936. The molecule has 2 aliphatic heterocycles. The highest BCUT2D eigenvalue weighted by molar-refractivity contribution is 5.90. The highest BCUT2D eigenvalue weighted by Gasteiger charge is 2.53. The maximum Gasteiger partial charge on any atom is 0.339 e. The Morgan fingerprint density at radius 3 is 2.88 bits per heavy atom. The molecule has 1 aromatic rings. The monoisotopic (exact) mass is 345 g/mol. The Kier molecular flexibility index (Phi) is 4.69. The van der Waals surface area contributed by atoms with Crippen molar-refractivity contribution in [3.63, 3.8) is 0 Å². The smallest absolute Gasteiger partial charge is 0.339 e. The first-order valence-corrected chi connectivity index (χ1v) is 9.47. The van der Waals surface area contributed by atoms with Gasteiger partial charge in [-0.3, -0.25) is 4.90 Å². The van der Waals surface area contributed by atoms with E-state index in [9.17, 15) is 9.90 Å². The number of aromatic carboxylic acids is 1. The summed E-state index contributed by atoms with van der Waals surface area (Å²) in [6, 6.07) is 7.57. The first-order chi connectivity index (χ1) is 12.2. The van der Waals surface area contributed by atoms with Crippen LogP contribution in [0.15, 0.2) is 24.3 Å². The van der Waals surface area contributed by atoms with Gasteiger partial charge in [0.2, 0.25) is 0 Å². The first-order valence-electron chi connectivity index (χ1n) is 9.47. The lowest BCUT2D eigenvalue weighted by Gasteiger charge is -2.37. The van der Waals surface area contributed by atoms with Crippen LogP contribution in [0, 0.1) is 11.3 Å². The van der Waals surface area contributed by atoms with Crippen LogP contribution in [-0.4, -0.2) is 54.9 Å². The Morgan fingerprint density at radius 2 is 2.08 bits per heavy atom. The summed E-state index contributed by atoms with van der Waals surface area (Å²) in [5, 5.41) is 9.26. The van der Waals surface area contributed by atoms with Crippen LogP contribution in [0.25, 0.3) is 0 Å². The molecule has 0 amide bonds. The second kappa shape index (κ2) is 6.96. The number of hydrogen-bond acceptors (Lipinski definition) is 4. The van der Waals surface area contributed by atoms with Crippen LogP contribution in [0.1, 0.15) is 42.5 Å². The van der Waals surface area contributed by atoms with Gasteiger partial charge in [-0.25, -0.2) is 4.79 Å². The molecule has 1 N–H and O–H groups in total. The van der Waals surface area contributed by atoms with Crippen LogP contribution in [0.3, 0.4) is 0 Å². The molecule has 2 atom stereocenters. The largest absolute Gasteiger partial charge is 0.491 e. The Balaban J connectivity index is 1.39. The van der Waals surface area contributed by atoms with E-state index in [2.05, 4.69) is 4.90 Å². The van der Waals surface area contributed by atoms with Crippen LogP contribution in [0.5, 0.6) is 5.75 Å². The lowest BCUT2D eigenvalue weighted by atomic mass is 9.71. The highest BCUT2D eigenvalue weighted by atomic mass is 16.5. The molecule has 1 saturated carbocycles. The van der Waals surface area contributed by atoms with Crippen LogP contribution >= 0.6 is 0 Å². The van der Waals surface area contributed by atoms with Crippen molar-refractivity contribution in [1.29, 1.82) is 0 Å². The molecular formula is C20H27NO4. The van der Waals surface area contributed by atoms with Gasteiger partial charge in [-0.15, -0.1) is 0 Å². The van der Waals surface area contributed by atoms with E-state index in [-0.39, 0.29) is 5.56 Å². The van der Waals surface area contributed by atoms with E-state index in [0.29, 0.717) is 23.8 Å². The van der Waals surface area contributed by atoms with Gasteiger partial charge in [-0.1, -0.05) is 18.6 Å². The third kappa shape index (κ3) is 3.15. The molecule has 5 heteroatoms. The van der Waals surface area contributed by atoms with E-state index in [1.165, 1.54) is 32.1 Å². The summed E-state index contributed by atoms with van der Waals surface area (Å²) < 4.78 is 11.5. The molecule has 1 aliphatic carbocycles. The second-order valence-corrected chi connectivity index (χ2v) is 7.70. The van der Waals surface area contributed by atoms with Crippen molar-refractivity contribution in [3.8, 4) is 5.75 Å². The quantitative estimate of drug-likeness (QED) is 0.889. The third-order valence-corrected chi connectivity index (χ3v) is 6.50. The van der Waals surface area contributed by atoms with E-state index in [0.717, 1.165) is 32.2 Å². The van der Waals surface area contributed by atoms with Gasteiger partial charge in [0.05, 0.1) is 0 Å². The summed E-state index contributed by atoms with van der Waals surface area (Å²) in [5.74, 6) is 0.342. The zero-order chi connectivity index (χ0) is 17.3. The van der Waals surface area contributed by atoms with E-state index < -0.39 is 5.97 Å². The van der Waals surface area contributed by atoms with Gasteiger partial charge >= 0.3 is 5.97 Å². The summed E-state index contributed by atoms with van der Waals surface area (Å²) in [5.41, 5.74) is 0.682. The van der Waals surface area contributed by atoms with Crippen molar-refractivity contribution in [1.82, 2.24) is 4.90 Å². The number of benzene rings is 1. The summed E-state index contributed by atoms with van der Waals surface area (Å²) in [6.07, 6.45) is 6.35. The summed E-state index contributed by atoms with van der Waals surface area (Å²) in [7, 11) is 0. The van der Waals surface area contributed by atoms with E-state index in [1.807, 2.05) is 6.07 Å². The molecular weight excluding hydrogens is 318 g/mol. The topological polar surface area (TPSA) is 59.0 Å². The fraction of sp³-hybridized carbons (Fsp3) is 0.650. The number of nitrogens with zero attached hydrogens (tertiary/aromatic N) is 1. The fourth-order valence-electron chi connectivity index (χ4n) is 5.32. The molecule has 0 radical (unpaired) electrons. The predicted octanol–water partition coefficient (Wildman–Crippen LogP) is 3.04. The van der Waals surface area contributed by atoms with E-state index in [4.69, 9.17) is 9.47 Å². The molecule has 3 fully saturated rings. The normalized spacial score (nSPS) is 28.2. The number of carbonyl (C=O) groups is 1. The standard InChI is InChI=1S/C20H27NO4/c22-19(23)15-4-1-2-7-18(15)25-13-10-21-14-20(8-11-24-12-9-20)16-5-3-6-17(16)21/h1-2,4,7,16-17H,3,5-6,8-14H2,(H,22,23)/t16-,17+/m1/s1. The zero-order valence-electron chi connectivity index (χ0n) is 14.7. The number of likely N-dealkylation sites (tertiary alicyclic amines) is 1. The van der Waals surface area contributed by atoms with Crippen molar-refractivity contribution in [2.75, 3.05) is 32.9 Å². The lowest BCUT2D eigenvalue weighted by molar-refractivity contribution is -0.00137. The Labute approximate surface area is 148 Å². The minimum Gasteiger partial charge on any atom is -0.491 e. The van der Waals surface area contributed by atoms with Crippen molar-refractivity contribution >= 4 is 5.97 Å². The predicted molar refractivity (Wildman–Crippen MR) is 94.1 cm³/mol. The molecule has 1 aromatic carbocycles. The molecule has 0 bridgehead atoms. The lowest BCUT2D eigenvalue weighted by Crippen LogP contribution is -2.37. The van der Waals surface area contributed by atoms with Gasteiger partial charge in [-0.05, 0) is 49.1 Å². The van der Waals surface area contributed by atoms with Gasteiger partial charge in [-0.2, -0.15) is 0 Å². The van der Waals surface area contributed by atoms with Crippen molar-refractivity contribution in [2.45, 2.75) is 38.1 Å². The maximum absolute atomic E-state index is 11.3. The van der Waals surface area contributed by atoms with Gasteiger partial charge in [0.1, 0.15) is 17.9 Å². The molecule has 25 heavy (non-hydrogen) atoms. The summed E-state index contributed by atoms with van der Waals surface area (Å²) >= 11 is 0.